The smallest absolute Gasteiger partial charge is 0.163 e. The average molecular weight is 412 g/mol. The Kier molecular flexibility index (Phi) is 4.33. The van der Waals surface area contributed by atoms with Crippen LogP contribution in [0, 0.1) is 12.1 Å². The van der Waals surface area contributed by atoms with Gasteiger partial charge in [-0.25, -0.2) is 9.97 Å². The summed E-state index contributed by atoms with van der Waals surface area (Å²) in [5, 5.41) is 6.56. The number of hydrogen-bond acceptors (Lipinski definition) is 4. The van der Waals surface area contributed by atoms with Crippen LogP contribution in [-0.4, -0.2) is 15.8 Å². The standard InChI is InChI=1S/C28H20N4/c1-2-24-20-13-5-6-14-22(20)27(29-24)32-28-23-15-7-8-17-25(23)30-26(31-28)21-16-9-11-18-10-3-4-12-19(18)21/h3,5-11,13-17,24H,2H2,1H3,(H,29,30,31,32). The second kappa shape index (κ2) is 7.47. The number of aromatic nitrogens is 2. The maximum absolute atomic E-state index is 4.97. The van der Waals surface area contributed by atoms with Gasteiger partial charge in [-0.05, 0) is 47.7 Å². The number of aliphatic imine (C=N–C) groups is 1. The van der Waals surface area contributed by atoms with Crippen LogP contribution in [0.4, 0.5) is 5.82 Å². The number of nitrogens with one attached hydrogen (secondary N) is 1. The number of nitrogens with zero attached hydrogens (tertiary/aromatic N) is 3. The Morgan fingerprint density at radius 1 is 0.875 bits per heavy atom. The van der Waals surface area contributed by atoms with E-state index < -0.39 is 0 Å². The molecule has 0 bridgehead atoms. The fraction of sp³-hybridized carbons (Fsp3) is 0.107. The van der Waals surface area contributed by atoms with Crippen LogP contribution in [0.3, 0.4) is 0 Å². The molecule has 4 aromatic carbocycles. The minimum atomic E-state index is 0.171. The molecule has 1 unspecified atom stereocenters. The quantitative estimate of drug-likeness (QED) is 0.374. The molecule has 1 N–H and O–H groups in total. The predicted octanol–water partition coefficient (Wildman–Crippen LogP) is 6.37. The zero-order chi connectivity index (χ0) is 21.5. The van der Waals surface area contributed by atoms with Gasteiger partial charge in [-0.3, -0.25) is 4.99 Å². The molecule has 0 saturated heterocycles. The molecule has 1 atom stereocenters. The Labute approximate surface area is 186 Å². The van der Waals surface area contributed by atoms with Gasteiger partial charge in [0.15, 0.2) is 5.82 Å². The fourth-order valence-electron chi connectivity index (χ4n) is 4.39. The first-order valence-corrected chi connectivity index (χ1v) is 10.8. The van der Waals surface area contributed by atoms with E-state index in [0.29, 0.717) is 5.82 Å². The molecule has 1 aliphatic rings. The predicted molar refractivity (Wildman–Crippen MR) is 130 cm³/mol. The van der Waals surface area contributed by atoms with Crippen molar-refractivity contribution in [1.82, 2.24) is 9.97 Å². The Morgan fingerprint density at radius 2 is 1.72 bits per heavy atom. The molecule has 4 nitrogen and oxygen atoms in total. The van der Waals surface area contributed by atoms with Crippen LogP contribution in [0.15, 0.2) is 83.9 Å². The van der Waals surface area contributed by atoms with Crippen molar-refractivity contribution in [2.24, 2.45) is 4.99 Å². The van der Waals surface area contributed by atoms with E-state index in [4.69, 9.17) is 15.0 Å². The number of fused-ring (bicyclic) bond motifs is 3. The molecule has 0 fully saturated rings. The lowest BCUT2D eigenvalue weighted by Crippen LogP contribution is -2.13. The lowest BCUT2D eigenvalue weighted by molar-refractivity contribution is 0.716. The van der Waals surface area contributed by atoms with Gasteiger partial charge < -0.3 is 5.32 Å². The van der Waals surface area contributed by atoms with E-state index >= 15 is 0 Å². The molecule has 0 spiro atoms. The van der Waals surface area contributed by atoms with Crippen LogP contribution in [0.2, 0.25) is 0 Å². The van der Waals surface area contributed by atoms with Gasteiger partial charge >= 0.3 is 0 Å². The molecule has 1 aliphatic heterocycles. The second-order valence-electron chi connectivity index (χ2n) is 7.90. The van der Waals surface area contributed by atoms with E-state index in [0.717, 1.165) is 50.9 Å². The lowest BCUT2D eigenvalue weighted by Gasteiger charge is -2.12. The minimum absolute atomic E-state index is 0.171. The van der Waals surface area contributed by atoms with Crippen molar-refractivity contribution in [3.8, 4) is 11.4 Å². The molecule has 32 heavy (non-hydrogen) atoms. The van der Waals surface area contributed by atoms with Gasteiger partial charge in [0, 0.05) is 21.9 Å². The van der Waals surface area contributed by atoms with Gasteiger partial charge in [0.25, 0.3) is 0 Å². The van der Waals surface area contributed by atoms with Crippen molar-refractivity contribution in [3.05, 3.63) is 102 Å². The first-order chi connectivity index (χ1) is 15.8. The van der Waals surface area contributed by atoms with E-state index in [-0.39, 0.29) is 6.04 Å². The van der Waals surface area contributed by atoms with Crippen LogP contribution >= 0.6 is 0 Å². The van der Waals surface area contributed by atoms with E-state index in [2.05, 4.69) is 54.7 Å². The number of para-hydroxylation sites is 1. The van der Waals surface area contributed by atoms with Gasteiger partial charge in [0.05, 0.1) is 11.6 Å². The zero-order valence-electron chi connectivity index (χ0n) is 17.6. The Balaban J connectivity index is 1.52. The number of amidine groups is 1. The molecule has 0 amide bonds. The Hall–Kier alpha value is -4.23. The van der Waals surface area contributed by atoms with Gasteiger partial charge in [0.2, 0.25) is 0 Å². The molecule has 5 aromatic rings. The van der Waals surface area contributed by atoms with Crippen LogP contribution in [0.25, 0.3) is 33.1 Å². The maximum Gasteiger partial charge on any atom is 0.163 e. The van der Waals surface area contributed by atoms with Gasteiger partial charge in [-0.15, -0.1) is 0 Å². The third-order valence-corrected chi connectivity index (χ3v) is 5.97. The van der Waals surface area contributed by atoms with Crippen LogP contribution in [-0.2, 0) is 0 Å². The Bertz CT molecular complexity index is 1500. The van der Waals surface area contributed by atoms with Crippen molar-refractivity contribution in [1.29, 1.82) is 0 Å². The molecular formula is C28H20N4. The zero-order valence-corrected chi connectivity index (χ0v) is 17.6. The molecular weight excluding hydrogens is 392 g/mol. The molecule has 152 valence electrons. The van der Waals surface area contributed by atoms with Gasteiger partial charge in [-0.2, -0.15) is 0 Å². The first-order valence-electron chi connectivity index (χ1n) is 10.8. The molecule has 2 heterocycles. The summed E-state index contributed by atoms with van der Waals surface area (Å²) in [6.45, 7) is 2.17. The summed E-state index contributed by atoms with van der Waals surface area (Å²) in [5.41, 5.74) is 4.22. The van der Waals surface area contributed by atoms with E-state index in [9.17, 15) is 0 Å². The monoisotopic (exact) mass is 412 g/mol. The second-order valence-corrected chi connectivity index (χ2v) is 7.90. The highest BCUT2D eigenvalue weighted by Gasteiger charge is 2.24. The van der Waals surface area contributed by atoms with E-state index in [1.807, 2.05) is 48.5 Å². The molecule has 6 rings (SSSR count). The van der Waals surface area contributed by atoms with Crippen molar-refractivity contribution >= 4 is 33.3 Å². The van der Waals surface area contributed by atoms with Crippen LogP contribution in [0.1, 0.15) is 30.5 Å². The van der Waals surface area contributed by atoms with Crippen LogP contribution < -0.4 is 5.32 Å². The van der Waals surface area contributed by atoms with Crippen molar-refractivity contribution < 1.29 is 0 Å². The summed E-state index contributed by atoms with van der Waals surface area (Å²) in [6.07, 6.45) is 0.959. The highest BCUT2D eigenvalue weighted by molar-refractivity contribution is 6.13. The van der Waals surface area contributed by atoms with Crippen molar-refractivity contribution in [2.45, 2.75) is 19.4 Å². The van der Waals surface area contributed by atoms with Crippen molar-refractivity contribution in [3.63, 3.8) is 0 Å². The number of rotatable bonds is 3. The average Bonchev–Trinajstić information content (AvgIpc) is 3.21. The summed E-state index contributed by atoms with van der Waals surface area (Å²) < 4.78 is 0. The maximum atomic E-state index is 4.97. The van der Waals surface area contributed by atoms with E-state index in [1.165, 1.54) is 5.56 Å². The Morgan fingerprint density at radius 3 is 2.66 bits per heavy atom. The highest BCUT2D eigenvalue weighted by atomic mass is 15.1. The number of hydrogen-bond donors (Lipinski definition) is 1. The highest BCUT2D eigenvalue weighted by Crippen LogP contribution is 2.34. The van der Waals surface area contributed by atoms with E-state index in [1.54, 1.807) is 0 Å². The molecule has 4 heteroatoms. The van der Waals surface area contributed by atoms with Crippen molar-refractivity contribution in [2.75, 3.05) is 5.32 Å². The minimum Gasteiger partial charge on any atom is -0.324 e. The number of benzene rings is 3. The SMILES string of the molecule is CCC1N=C(Nc2nc(-c3cccc4ccc#cc34)nc3ccccc23)c2ccccc21. The first kappa shape index (κ1) is 18.5. The molecule has 1 aromatic heterocycles. The summed E-state index contributed by atoms with van der Waals surface area (Å²) in [4.78, 5) is 14.8. The fourth-order valence-corrected chi connectivity index (χ4v) is 4.39. The molecule has 0 aliphatic carbocycles. The topological polar surface area (TPSA) is 50.2 Å². The van der Waals surface area contributed by atoms with Gasteiger partial charge in [0.1, 0.15) is 11.7 Å². The summed E-state index contributed by atoms with van der Waals surface area (Å²) >= 11 is 0. The lowest BCUT2D eigenvalue weighted by atomic mass is 10.0. The van der Waals surface area contributed by atoms with Gasteiger partial charge in [-0.1, -0.05) is 67.6 Å². The third-order valence-electron chi connectivity index (χ3n) is 5.97. The third kappa shape index (κ3) is 2.99. The molecule has 0 saturated carbocycles. The van der Waals surface area contributed by atoms with Crippen LogP contribution in [0.5, 0.6) is 0 Å². The summed E-state index contributed by atoms with van der Waals surface area (Å²) in [5.74, 6) is 2.28. The number of anilines is 1. The summed E-state index contributed by atoms with van der Waals surface area (Å²) in [6, 6.07) is 33.0. The largest absolute Gasteiger partial charge is 0.324 e. The summed E-state index contributed by atoms with van der Waals surface area (Å²) in [7, 11) is 0. The normalized spacial score (nSPS) is 14.8. The molecule has 0 radical (unpaired) electrons.